The summed E-state index contributed by atoms with van der Waals surface area (Å²) in [6.07, 6.45) is 9.94. The monoisotopic (exact) mass is 448 g/mol. The first-order valence-corrected chi connectivity index (χ1v) is 12.8. The Morgan fingerprint density at radius 3 is 2.66 bits per heavy atom. The fourth-order valence-corrected chi connectivity index (χ4v) is 4.93. The summed E-state index contributed by atoms with van der Waals surface area (Å²) in [5.74, 6) is 1.53. The van der Waals surface area contributed by atoms with E-state index in [1.165, 1.54) is 45.5 Å². The first-order chi connectivity index (χ1) is 15.6. The van der Waals surface area contributed by atoms with Crippen LogP contribution in [0, 0.1) is 5.92 Å². The van der Waals surface area contributed by atoms with Gasteiger partial charge in [-0.2, -0.15) is 0 Å². The minimum atomic E-state index is 0.612. The molecule has 172 valence electrons. The zero-order valence-corrected chi connectivity index (χ0v) is 21.2. The number of hydrogen-bond donors (Lipinski definition) is 1. The number of fused-ring (bicyclic) bond motifs is 1. The van der Waals surface area contributed by atoms with Gasteiger partial charge in [0.25, 0.3) is 0 Å². The molecule has 3 heteroatoms. The topological polar surface area (TPSA) is 15.3 Å². The van der Waals surface area contributed by atoms with E-state index >= 15 is 0 Å². The Labute approximate surface area is 200 Å². The summed E-state index contributed by atoms with van der Waals surface area (Å²) >= 11 is 1.87. The highest BCUT2D eigenvalue weighted by molar-refractivity contribution is 7.99. The van der Waals surface area contributed by atoms with Crippen molar-refractivity contribution in [2.45, 2.75) is 44.9 Å². The van der Waals surface area contributed by atoms with E-state index in [4.69, 9.17) is 0 Å². The van der Waals surface area contributed by atoms with Crippen LogP contribution in [0.4, 0.5) is 0 Å². The zero-order valence-electron chi connectivity index (χ0n) is 20.4. The number of likely N-dealkylation sites (tertiary alicyclic amines) is 1. The zero-order chi connectivity index (χ0) is 23.3. The van der Waals surface area contributed by atoms with Crippen LogP contribution in [0.25, 0.3) is 10.8 Å². The van der Waals surface area contributed by atoms with Crippen LogP contribution >= 0.6 is 11.8 Å². The van der Waals surface area contributed by atoms with Gasteiger partial charge in [-0.1, -0.05) is 81.1 Å². The largest absolute Gasteiger partial charge is 0.391 e. The van der Waals surface area contributed by atoms with Gasteiger partial charge in [-0.15, -0.1) is 11.8 Å². The van der Waals surface area contributed by atoms with Gasteiger partial charge in [0.05, 0.1) is 0 Å². The molecule has 1 fully saturated rings. The maximum Gasteiger partial charge on any atom is 0.0380 e. The third-order valence-corrected chi connectivity index (χ3v) is 6.93. The van der Waals surface area contributed by atoms with E-state index in [0.717, 1.165) is 25.3 Å². The van der Waals surface area contributed by atoms with Crippen LogP contribution < -0.4 is 5.32 Å². The van der Waals surface area contributed by atoms with Crippen molar-refractivity contribution in [1.29, 1.82) is 0 Å². The Morgan fingerprint density at radius 1 is 1.16 bits per heavy atom. The Kier molecular flexibility index (Phi) is 11.2. The van der Waals surface area contributed by atoms with E-state index in [-0.39, 0.29) is 0 Å². The molecule has 2 aromatic rings. The summed E-state index contributed by atoms with van der Waals surface area (Å²) in [6, 6.07) is 15.1. The van der Waals surface area contributed by atoms with E-state index < -0.39 is 0 Å². The van der Waals surface area contributed by atoms with Crippen LogP contribution in [0.3, 0.4) is 0 Å². The van der Waals surface area contributed by atoms with Crippen LogP contribution in [-0.2, 0) is 0 Å². The highest BCUT2D eigenvalue weighted by Gasteiger charge is 2.20. The second-order valence-corrected chi connectivity index (χ2v) is 9.06. The Bertz CT molecular complexity index is 936. The van der Waals surface area contributed by atoms with Crippen LogP contribution in [-0.4, -0.2) is 30.8 Å². The molecule has 2 aromatic carbocycles. The highest BCUT2D eigenvalue weighted by Crippen LogP contribution is 2.29. The van der Waals surface area contributed by atoms with Crippen molar-refractivity contribution in [3.63, 3.8) is 0 Å². The lowest BCUT2D eigenvalue weighted by atomic mass is 9.92. The molecule has 0 aromatic heterocycles. The Hall–Kier alpha value is -2.39. The van der Waals surface area contributed by atoms with Crippen molar-refractivity contribution < 1.29 is 0 Å². The predicted molar refractivity (Wildman–Crippen MR) is 145 cm³/mol. The van der Waals surface area contributed by atoms with E-state index in [1.807, 2.05) is 32.7 Å². The minimum absolute atomic E-state index is 0.612. The summed E-state index contributed by atoms with van der Waals surface area (Å²) in [5.41, 5.74) is 3.73. The highest BCUT2D eigenvalue weighted by atomic mass is 32.2. The summed E-state index contributed by atoms with van der Waals surface area (Å²) in [4.78, 5) is 3.76. The summed E-state index contributed by atoms with van der Waals surface area (Å²) < 4.78 is 0. The first kappa shape index (κ1) is 25.9. The molecular weight excluding hydrogens is 408 g/mol. The molecule has 1 aliphatic rings. The van der Waals surface area contributed by atoms with Crippen molar-refractivity contribution in [1.82, 2.24) is 10.2 Å². The molecule has 0 saturated carbocycles. The molecule has 2 nitrogen and oxygen atoms in total. The van der Waals surface area contributed by atoms with Crippen LogP contribution in [0.15, 0.2) is 95.7 Å². The van der Waals surface area contributed by atoms with E-state index in [9.17, 15) is 0 Å². The molecule has 3 rings (SSSR count). The fraction of sp³-hybridized carbons (Fsp3) is 0.379. The molecule has 1 N–H and O–H groups in total. The molecule has 0 bridgehead atoms. The lowest BCUT2D eigenvalue weighted by Gasteiger charge is -2.35. The van der Waals surface area contributed by atoms with Gasteiger partial charge in [0.2, 0.25) is 0 Å². The van der Waals surface area contributed by atoms with Crippen molar-refractivity contribution in [2.75, 3.05) is 25.9 Å². The quantitative estimate of drug-likeness (QED) is 0.239. The third-order valence-electron chi connectivity index (χ3n) is 5.81. The minimum Gasteiger partial charge on any atom is -0.391 e. The van der Waals surface area contributed by atoms with Gasteiger partial charge in [-0.3, -0.25) is 0 Å². The normalized spacial score (nSPS) is 16.6. The smallest absolute Gasteiger partial charge is 0.0380 e. The van der Waals surface area contributed by atoms with Crippen molar-refractivity contribution in [2.24, 2.45) is 5.92 Å². The predicted octanol–water partition coefficient (Wildman–Crippen LogP) is 7.81. The number of rotatable bonds is 9. The Balaban J connectivity index is 0.00000176. The standard InChI is InChI=1S/C27H34N2S.C2H6/c1-21(2)24-14-10-18-29(19-24)22(3)11-5-7-15-25(28-4)20-30-27-17-9-13-23-12-6-8-16-26(23)27;1-2/h5-9,12-13,15-17,24,28H,1,3,10-11,14,18-20H2,2,4H3;1-2H3/b7-5-,25-15-;. The number of hydrogen-bond acceptors (Lipinski definition) is 3. The molecule has 1 atom stereocenters. The van der Waals surface area contributed by atoms with Gasteiger partial charge in [0, 0.05) is 48.6 Å². The summed E-state index contributed by atoms with van der Waals surface area (Å²) in [5, 5.41) is 5.95. The van der Waals surface area contributed by atoms with Crippen LogP contribution in [0.2, 0.25) is 0 Å². The van der Waals surface area contributed by atoms with Gasteiger partial charge in [0.1, 0.15) is 0 Å². The molecule has 0 radical (unpaired) electrons. The number of nitrogens with zero attached hydrogens (tertiary/aromatic N) is 1. The van der Waals surface area contributed by atoms with Gasteiger partial charge in [0.15, 0.2) is 0 Å². The molecule has 32 heavy (non-hydrogen) atoms. The van der Waals surface area contributed by atoms with Crippen LogP contribution in [0.5, 0.6) is 0 Å². The Morgan fingerprint density at radius 2 is 1.91 bits per heavy atom. The molecule has 1 unspecified atom stereocenters. The summed E-state index contributed by atoms with van der Waals surface area (Å²) in [7, 11) is 1.99. The fourth-order valence-electron chi connectivity index (χ4n) is 3.86. The van der Waals surface area contributed by atoms with Crippen molar-refractivity contribution in [3.05, 3.63) is 90.8 Å². The first-order valence-electron chi connectivity index (χ1n) is 11.8. The van der Waals surface area contributed by atoms with Gasteiger partial charge < -0.3 is 10.2 Å². The number of thioether (sulfide) groups is 1. The maximum atomic E-state index is 4.32. The molecule has 1 aliphatic heterocycles. The van der Waals surface area contributed by atoms with Crippen LogP contribution in [0.1, 0.15) is 40.0 Å². The lowest BCUT2D eigenvalue weighted by molar-refractivity contribution is 0.236. The third kappa shape index (κ3) is 7.63. The molecule has 0 amide bonds. The average Bonchev–Trinajstić information content (AvgIpc) is 2.84. The van der Waals surface area contributed by atoms with E-state index in [1.54, 1.807) is 0 Å². The van der Waals surface area contributed by atoms with Crippen molar-refractivity contribution >= 4 is 22.5 Å². The number of nitrogens with one attached hydrogen (secondary N) is 1. The molecule has 0 spiro atoms. The average molecular weight is 449 g/mol. The molecular formula is C29H40N2S. The van der Waals surface area contributed by atoms with E-state index in [2.05, 4.69) is 91.0 Å². The molecule has 0 aliphatic carbocycles. The molecule has 1 heterocycles. The van der Waals surface area contributed by atoms with Gasteiger partial charge in [-0.25, -0.2) is 0 Å². The number of piperidine rings is 1. The second kappa shape index (κ2) is 13.9. The number of allylic oxidation sites excluding steroid dienone is 3. The van der Waals surface area contributed by atoms with Gasteiger partial charge >= 0.3 is 0 Å². The maximum absolute atomic E-state index is 4.32. The summed E-state index contributed by atoms with van der Waals surface area (Å²) in [6.45, 7) is 16.8. The SMILES string of the molecule is C=C(C)C1CCCN(C(=C)C/C=C\C=C(\CSc2cccc3ccccc23)NC)C1.CC. The second-order valence-electron chi connectivity index (χ2n) is 8.04. The van der Waals surface area contributed by atoms with E-state index in [0.29, 0.717) is 5.92 Å². The van der Waals surface area contributed by atoms with Gasteiger partial charge in [-0.05, 0) is 48.6 Å². The van der Waals surface area contributed by atoms with Crippen molar-refractivity contribution in [3.8, 4) is 0 Å². The molecule has 1 saturated heterocycles. The lowest BCUT2D eigenvalue weighted by Crippen LogP contribution is -2.34. The number of benzene rings is 2.